The van der Waals surface area contributed by atoms with Gasteiger partial charge < -0.3 is 15.2 Å². The molecule has 0 aliphatic carbocycles. The van der Waals surface area contributed by atoms with E-state index in [4.69, 9.17) is 5.11 Å². The second kappa shape index (κ2) is 6.31. The highest BCUT2D eigenvalue weighted by molar-refractivity contribution is 9.10. The van der Waals surface area contributed by atoms with Gasteiger partial charge >= 0.3 is 5.97 Å². The zero-order valence-electron chi connectivity index (χ0n) is 9.01. The van der Waals surface area contributed by atoms with Gasteiger partial charge in [-0.25, -0.2) is 4.79 Å². The van der Waals surface area contributed by atoms with Crippen molar-refractivity contribution in [3.63, 3.8) is 0 Å². The van der Waals surface area contributed by atoms with Gasteiger partial charge in [-0.05, 0) is 22.0 Å². The van der Waals surface area contributed by atoms with E-state index in [9.17, 15) is 9.59 Å². The molecule has 0 saturated heterocycles. The molecule has 1 rings (SSSR count). The molecular formula is C10H11BrN2O4. The smallest absolute Gasteiger partial charge is 0.334 e. The SMILES string of the molecule is COC(CNC(=O)c1cncc(Br)c1)C(=O)O. The number of carboxylic acids is 1. The summed E-state index contributed by atoms with van der Waals surface area (Å²) in [5, 5.41) is 11.2. The van der Waals surface area contributed by atoms with Crippen LogP contribution in [0.2, 0.25) is 0 Å². The highest BCUT2D eigenvalue weighted by Crippen LogP contribution is 2.09. The minimum absolute atomic E-state index is 0.100. The molecule has 6 nitrogen and oxygen atoms in total. The number of hydrogen-bond donors (Lipinski definition) is 2. The molecule has 1 unspecified atom stereocenters. The van der Waals surface area contributed by atoms with Gasteiger partial charge in [0.05, 0.1) is 12.1 Å². The molecule has 0 bridgehead atoms. The summed E-state index contributed by atoms with van der Waals surface area (Å²) in [4.78, 5) is 26.1. The Hall–Kier alpha value is -1.47. The molecule has 1 aromatic heterocycles. The number of pyridine rings is 1. The Labute approximate surface area is 106 Å². The molecule has 0 radical (unpaired) electrons. The topological polar surface area (TPSA) is 88.5 Å². The summed E-state index contributed by atoms with van der Waals surface area (Å²) in [6.07, 6.45) is 1.88. The molecule has 17 heavy (non-hydrogen) atoms. The average Bonchev–Trinajstić information content (AvgIpc) is 2.29. The largest absolute Gasteiger partial charge is 0.479 e. The lowest BCUT2D eigenvalue weighted by Crippen LogP contribution is -2.37. The third-order valence-electron chi connectivity index (χ3n) is 1.98. The van der Waals surface area contributed by atoms with Crippen molar-refractivity contribution < 1.29 is 19.4 Å². The van der Waals surface area contributed by atoms with Crippen LogP contribution in [0.15, 0.2) is 22.9 Å². The number of aliphatic carboxylic acids is 1. The summed E-state index contributed by atoms with van der Waals surface area (Å²) in [6.45, 7) is -0.100. The van der Waals surface area contributed by atoms with Crippen LogP contribution in [0.25, 0.3) is 0 Å². The monoisotopic (exact) mass is 302 g/mol. The van der Waals surface area contributed by atoms with E-state index >= 15 is 0 Å². The molecule has 0 aromatic carbocycles. The van der Waals surface area contributed by atoms with Gasteiger partial charge in [-0.3, -0.25) is 9.78 Å². The molecule has 7 heteroatoms. The number of hydrogen-bond acceptors (Lipinski definition) is 4. The second-order valence-corrected chi connectivity index (χ2v) is 4.08. The van der Waals surface area contributed by atoms with Crippen molar-refractivity contribution in [3.8, 4) is 0 Å². The number of rotatable bonds is 5. The highest BCUT2D eigenvalue weighted by atomic mass is 79.9. The van der Waals surface area contributed by atoms with Crippen LogP contribution in [0.3, 0.4) is 0 Å². The van der Waals surface area contributed by atoms with Crippen LogP contribution < -0.4 is 5.32 Å². The number of ether oxygens (including phenoxy) is 1. The number of carbonyl (C=O) groups excluding carboxylic acids is 1. The molecule has 92 valence electrons. The molecule has 1 atom stereocenters. The van der Waals surface area contributed by atoms with Gasteiger partial charge in [0, 0.05) is 24.0 Å². The number of amides is 1. The van der Waals surface area contributed by atoms with Crippen LogP contribution in [0, 0.1) is 0 Å². The van der Waals surface area contributed by atoms with Crippen molar-refractivity contribution in [2.75, 3.05) is 13.7 Å². The van der Waals surface area contributed by atoms with Gasteiger partial charge in [-0.1, -0.05) is 0 Å². The van der Waals surface area contributed by atoms with Crippen molar-refractivity contribution in [2.24, 2.45) is 0 Å². The number of nitrogens with one attached hydrogen (secondary N) is 1. The van der Waals surface area contributed by atoms with E-state index in [1.54, 1.807) is 12.3 Å². The van der Waals surface area contributed by atoms with Crippen molar-refractivity contribution in [3.05, 3.63) is 28.5 Å². The molecule has 0 saturated carbocycles. The predicted molar refractivity (Wildman–Crippen MR) is 62.7 cm³/mol. The lowest BCUT2D eigenvalue weighted by molar-refractivity contribution is -0.148. The van der Waals surface area contributed by atoms with Crippen molar-refractivity contribution in [1.82, 2.24) is 10.3 Å². The molecular weight excluding hydrogens is 292 g/mol. The van der Waals surface area contributed by atoms with Crippen LogP contribution in [0.1, 0.15) is 10.4 Å². The van der Waals surface area contributed by atoms with E-state index < -0.39 is 18.0 Å². The van der Waals surface area contributed by atoms with Crippen LogP contribution in [-0.4, -0.2) is 41.7 Å². The number of carbonyl (C=O) groups is 2. The first-order valence-electron chi connectivity index (χ1n) is 4.69. The van der Waals surface area contributed by atoms with Crippen molar-refractivity contribution >= 4 is 27.8 Å². The lowest BCUT2D eigenvalue weighted by atomic mass is 10.2. The Bertz CT molecular complexity index is 425. The van der Waals surface area contributed by atoms with Gasteiger partial charge in [0.1, 0.15) is 0 Å². The van der Waals surface area contributed by atoms with E-state index in [0.717, 1.165) is 0 Å². The van der Waals surface area contributed by atoms with Gasteiger partial charge in [-0.2, -0.15) is 0 Å². The Balaban J connectivity index is 2.58. The Morgan fingerprint density at radius 3 is 2.82 bits per heavy atom. The third kappa shape index (κ3) is 4.12. The van der Waals surface area contributed by atoms with Gasteiger partial charge in [0.2, 0.25) is 0 Å². The van der Waals surface area contributed by atoms with Gasteiger partial charge in [-0.15, -0.1) is 0 Å². The first-order chi connectivity index (χ1) is 8.04. The quantitative estimate of drug-likeness (QED) is 0.835. The van der Waals surface area contributed by atoms with Crippen molar-refractivity contribution in [2.45, 2.75) is 6.10 Å². The summed E-state index contributed by atoms with van der Waals surface area (Å²) in [5.41, 5.74) is 0.347. The molecule has 2 N–H and O–H groups in total. The fraction of sp³-hybridized carbons (Fsp3) is 0.300. The molecule has 1 amide bonds. The molecule has 0 aliphatic rings. The highest BCUT2D eigenvalue weighted by Gasteiger charge is 2.17. The summed E-state index contributed by atoms with van der Waals surface area (Å²) < 4.78 is 5.36. The maximum Gasteiger partial charge on any atom is 0.334 e. The normalized spacial score (nSPS) is 11.9. The fourth-order valence-electron chi connectivity index (χ4n) is 1.09. The summed E-state index contributed by atoms with van der Waals surface area (Å²) in [6, 6.07) is 1.59. The van der Waals surface area contributed by atoms with Crippen LogP contribution >= 0.6 is 15.9 Å². The maximum atomic E-state index is 11.6. The third-order valence-corrected chi connectivity index (χ3v) is 2.41. The van der Waals surface area contributed by atoms with E-state index in [1.807, 2.05) is 0 Å². The van der Waals surface area contributed by atoms with E-state index in [-0.39, 0.29) is 6.54 Å². The standard InChI is InChI=1S/C10H11BrN2O4/c1-17-8(10(15)16)5-13-9(14)6-2-7(11)4-12-3-6/h2-4,8H,5H2,1H3,(H,13,14)(H,15,16). The molecule has 0 spiro atoms. The predicted octanol–water partition coefficient (Wildman–Crippen LogP) is 0.673. The zero-order chi connectivity index (χ0) is 12.8. The number of halogens is 1. The molecule has 0 fully saturated rings. The van der Waals surface area contributed by atoms with Crippen molar-refractivity contribution in [1.29, 1.82) is 0 Å². The number of aromatic nitrogens is 1. The Morgan fingerprint density at radius 2 is 2.29 bits per heavy atom. The summed E-state index contributed by atoms with van der Waals surface area (Å²) >= 11 is 3.19. The minimum Gasteiger partial charge on any atom is -0.479 e. The second-order valence-electron chi connectivity index (χ2n) is 3.16. The van der Waals surface area contributed by atoms with E-state index in [0.29, 0.717) is 10.0 Å². The Morgan fingerprint density at radius 1 is 1.59 bits per heavy atom. The summed E-state index contributed by atoms with van der Waals surface area (Å²) in [5.74, 6) is -1.53. The average molecular weight is 303 g/mol. The molecule has 1 heterocycles. The van der Waals surface area contributed by atoms with E-state index in [2.05, 4.69) is 31.0 Å². The summed E-state index contributed by atoms with van der Waals surface area (Å²) in [7, 11) is 1.27. The lowest BCUT2D eigenvalue weighted by Gasteiger charge is -2.11. The number of carboxylic acid groups (broad SMARTS) is 1. The molecule has 1 aromatic rings. The maximum absolute atomic E-state index is 11.6. The molecule has 0 aliphatic heterocycles. The van der Waals surface area contributed by atoms with Crippen LogP contribution in [0.5, 0.6) is 0 Å². The number of nitrogens with zero attached hydrogens (tertiary/aromatic N) is 1. The number of methoxy groups -OCH3 is 1. The minimum atomic E-state index is -1.12. The zero-order valence-corrected chi connectivity index (χ0v) is 10.6. The Kier molecular flexibility index (Phi) is 5.05. The van der Waals surface area contributed by atoms with E-state index in [1.165, 1.54) is 13.3 Å². The first kappa shape index (κ1) is 13.6. The fourth-order valence-corrected chi connectivity index (χ4v) is 1.46. The van der Waals surface area contributed by atoms with Gasteiger partial charge in [0.25, 0.3) is 5.91 Å². The van der Waals surface area contributed by atoms with Crippen LogP contribution in [-0.2, 0) is 9.53 Å². The van der Waals surface area contributed by atoms with Gasteiger partial charge in [0.15, 0.2) is 6.10 Å². The first-order valence-corrected chi connectivity index (χ1v) is 5.48. The van der Waals surface area contributed by atoms with Crippen LogP contribution in [0.4, 0.5) is 0 Å².